The Labute approximate surface area is 196 Å². The first-order valence-electron chi connectivity index (χ1n) is 10.6. The van der Waals surface area contributed by atoms with Gasteiger partial charge in [-0.2, -0.15) is 10.2 Å². The van der Waals surface area contributed by atoms with E-state index in [1.165, 1.54) is 20.9 Å². The Hall–Kier alpha value is -3.95. The van der Waals surface area contributed by atoms with E-state index in [1.807, 2.05) is 18.2 Å². The standard InChI is InChI=1S/C27H23N4OS/c1-16-7-11-18(12-8-16)33(19-13-9-17(2)10-14-19)25-20-5-3-4-6-22(20)32-27-23(25)24(29)21(15-28)26(30)31-27/h3-14,25H,1-2H3,(H4,29,30,31)/q+1. The molecule has 1 unspecified atom stereocenters. The minimum absolute atomic E-state index is 0.0810. The predicted octanol–water partition coefficient (Wildman–Crippen LogP) is 5.67. The highest BCUT2D eigenvalue weighted by atomic mass is 32.2. The maximum atomic E-state index is 9.73. The fourth-order valence-corrected chi connectivity index (χ4v) is 6.72. The number of benzene rings is 3. The maximum Gasteiger partial charge on any atom is 0.232 e. The molecule has 2 heterocycles. The summed E-state index contributed by atoms with van der Waals surface area (Å²) < 4.78 is 6.15. The first-order valence-corrected chi connectivity index (χ1v) is 11.9. The second-order valence-corrected chi connectivity index (χ2v) is 10.2. The van der Waals surface area contributed by atoms with Gasteiger partial charge in [0.1, 0.15) is 23.2 Å². The van der Waals surface area contributed by atoms with Gasteiger partial charge < -0.3 is 16.2 Å². The molecule has 3 aromatic carbocycles. The van der Waals surface area contributed by atoms with E-state index in [4.69, 9.17) is 16.2 Å². The lowest BCUT2D eigenvalue weighted by Gasteiger charge is -2.28. The number of hydrogen-bond donors (Lipinski definition) is 2. The van der Waals surface area contributed by atoms with Gasteiger partial charge >= 0.3 is 0 Å². The summed E-state index contributed by atoms with van der Waals surface area (Å²) in [5.74, 6) is 1.17. The van der Waals surface area contributed by atoms with Crippen LogP contribution in [0.15, 0.2) is 82.6 Å². The number of rotatable bonds is 3. The van der Waals surface area contributed by atoms with E-state index in [2.05, 4.69) is 79.5 Å². The van der Waals surface area contributed by atoms with E-state index >= 15 is 0 Å². The van der Waals surface area contributed by atoms with Gasteiger partial charge in [-0.15, -0.1) is 0 Å². The molecule has 5 nitrogen and oxygen atoms in total. The summed E-state index contributed by atoms with van der Waals surface area (Å²) in [6, 6.07) is 27.2. The van der Waals surface area contributed by atoms with Crippen molar-refractivity contribution in [2.75, 3.05) is 11.5 Å². The Morgan fingerprint density at radius 1 is 0.879 bits per heavy atom. The van der Waals surface area contributed by atoms with Gasteiger partial charge in [0.15, 0.2) is 15.0 Å². The molecule has 1 aromatic heterocycles. The molecule has 5 rings (SSSR count). The van der Waals surface area contributed by atoms with E-state index in [1.54, 1.807) is 0 Å². The fourth-order valence-electron chi connectivity index (χ4n) is 4.13. The number of nitrogens with zero attached hydrogens (tertiary/aromatic N) is 2. The van der Waals surface area contributed by atoms with Crippen LogP contribution in [0, 0.1) is 25.2 Å². The molecule has 1 aliphatic rings. The van der Waals surface area contributed by atoms with Gasteiger partial charge in [0.25, 0.3) is 0 Å². The largest absolute Gasteiger partial charge is 0.438 e. The summed E-state index contributed by atoms with van der Waals surface area (Å²) >= 11 is 0. The van der Waals surface area contributed by atoms with Gasteiger partial charge in [-0.25, -0.2) is 0 Å². The summed E-state index contributed by atoms with van der Waals surface area (Å²) in [4.78, 5) is 6.80. The third-order valence-electron chi connectivity index (χ3n) is 5.84. The zero-order valence-electron chi connectivity index (χ0n) is 18.4. The molecule has 0 saturated carbocycles. The number of anilines is 2. The fraction of sp³-hybridized carbons (Fsp3) is 0.111. The van der Waals surface area contributed by atoms with Gasteiger partial charge in [0.05, 0.1) is 27.7 Å². The summed E-state index contributed by atoms with van der Waals surface area (Å²) in [7, 11) is -0.454. The highest BCUT2D eigenvalue weighted by molar-refractivity contribution is 7.97. The van der Waals surface area contributed by atoms with Crippen LogP contribution in [-0.4, -0.2) is 4.98 Å². The van der Waals surface area contributed by atoms with Crippen molar-refractivity contribution in [1.82, 2.24) is 4.98 Å². The number of nitriles is 1. The zero-order valence-corrected chi connectivity index (χ0v) is 19.2. The van der Waals surface area contributed by atoms with Crippen molar-refractivity contribution in [1.29, 1.82) is 5.26 Å². The van der Waals surface area contributed by atoms with Crippen molar-refractivity contribution < 1.29 is 4.74 Å². The van der Waals surface area contributed by atoms with Crippen molar-refractivity contribution >= 4 is 22.4 Å². The number of nitrogens with two attached hydrogens (primary N) is 2. The average molecular weight is 452 g/mol. The van der Waals surface area contributed by atoms with Crippen LogP contribution >= 0.6 is 0 Å². The Kier molecular flexibility index (Phi) is 5.20. The lowest BCUT2D eigenvalue weighted by atomic mass is 9.98. The van der Waals surface area contributed by atoms with E-state index < -0.39 is 10.9 Å². The molecule has 0 saturated heterocycles. The van der Waals surface area contributed by atoms with Gasteiger partial charge in [-0.1, -0.05) is 47.5 Å². The van der Waals surface area contributed by atoms with Crippen LogP contribution in [0.2, 0.25) is 0 Å². The molecule has 4 aromatic rings. The van der Waals surface area contributed by atoms with Crippen LogP contribution in [0.1, 0.15) is 33.1 Å². The third-order valence-corrected chi connectivity index (χ3v) is 8.36. The first kappa shape index (κ1) is 20.9. The number of pyridine rings is 1. The van der Waals surface area contributed by atoms with Crippen LogP contribution < -0.4 is 16.2 Å². The number of para-hydroxylation sites is 1. The maximum absolute atomic E-state index is 9.73. The van der Waals surface area contributed by atoms with Crippen molar-refractivity contribution in [3.8, 4) is 17.7 Å². The summed E-state index contributed by atoms with van der Waals surface area (Å²) in [5, 5.41) is 9.54. The van der Waals surface area contributed by atoms with Gasteiger partial charge in [-0.05, 0) is 50.2 Å². The second kappa shape index (κ2) is 8.19. The van der Waals surface area contributed by atoms with E-state index in [9.17, 15) is 5.26 Å². The molecule has 0 spiro atoms. The molecular formula is C27H23N4OS+. The third kappa shape index (κ3) is 3.57. The molecule has 0 bridgehead atoms. The minimum Gasteiger partial charge on any atom is -0.438 e. The lowest BCUT2D eigenvalue weighted by molar-refractivity contribution is 0.440. The molecule has 162 valence electrons. The van der Waals surface area contributed by atoms with E-state index in [-0.39, 0.29) is 16.6 Å². The minimum atomic E-state index is -0.454. The summed E-state index contributed by atoms with van der Waals surface area (Å²) in [5.41, 5.74) is 17.3. The van der Waals surface area contributed by atoms with Crippen molar-refractivity contribution in [2.45, 2.75) is 28.9 Å². The van der Waals surface area contributed by atoms with Crippen molar-refractivity contribution in [2.24, 2.45) is 0 Å². The average Bonchev–Trinajstić information content (AvgIpc) is 2.81. The summed E-state index contributed by atoms with van der Waals surface area (Å²) in [6.45, 7) is 4.16. The molecule has 6 heteroatoms. The Morgan fingerprint density at radius 2 is 1.45 bits per heavy atom. The SMILES string of the molecule is Cc1ccc([S+](c2ccc(C)cc2)C2c3ccccc3Oc3nc(N)c(C#N)c(N)c32)cc1. The van der Waals surface area contributed by atoms with Gasteiger partial charge in [0, 0.05) is 0 Å². The molecule has 1 atom stereocenters. The highest BCUT2D eigenvalue weighted by Gasteiger charge is 2.46. The summed E-state index contributed by atoms with van der Waals surface area (Å²) in [6.07, 6.45) is 0. The molecule has 0 amide bonds. The molecule has 0 fully saturated rings. The normalized spacial score (nSPS) is 14.2. The lowest BCUT2D eigenvalue weighted by Crippen LogP contribution is -2.23. The molecule has 33 heavy (non-hydrogen) atoms. The topological polar surface area (TPSA) is 98.0 Å². The molecule has 1 aliphatic heterocycles. The van der Waals surface area contributed by atoms with E-state index in [0.717, 1.165) is 11.3 Å². The number of hydrogen-bond acceptors (Lipinski definition) is 5. The van der Waals surface area contributed by atoms with Crippen LogP contribution in [0.5, 0.6) is 11.6 Å². The quantitative estimate of drug-likeness (QED) is 0.391. The van der Waals surface area contributed by atoms with Crippen LogP contribution in [0.3, 0.4) is 0 Å². The van der Waals surface area contributed by atoms with Crippen LogP contribution in [-0.2, 0) is 10.9 Å². The van der Waals surface area contributed by atoms with E-state index in [0.29, 0.717) is 17.1 Å². The predicted molar refractivity (Wildman–Crippen MR) is 132 cm³/mol. The molecule has 0 radical (unpaired) electrons. The number of aryl methyl sites for hydroxylation is 2. The first-order chi connectivity index (χ1) is 16.0. The second-order valence-electron chi connectivity index (χ2n) is 8.10. The molecule has 4 N–H and O–H groups in total. The number of fused-ring (bicyclic) bond motifs is 2. The molecule has 0 aliphatic carbocycles. The highest BCUT2D eigenvalue weighted by Crippen LogP contribution is 2.53. The Balaban J connectivity index is 1.83. The number of aromatic nitrogens is 1. The molecular weight excluding hydrogens is 428 g/mol. The Bertz CT molecular complexity index is 1350. The van der Waals surface area contributed by atoms with Crippen molar-refractivity contribution in [3.05, 3.63) is 101 Å². The zero-order chi connectivity index (χ0) is 23.1. The van der Waals surface area contributed by atoms with Crippen LogP contribution in [0.4, 0.5) is 11.5 Å². The smallest absolute Gasteiger partial charge is 0.232 e. The number of ether oxygens (including phenoxy) is 1. The number of nitrogen functional groups attached to an aromatic ring is 2. The Morgan fingerprint density at radius 3 is 2.03 bits per heavy atom. The van der Waals surface area contributed by atoms with Crippen molar-refractivity contribution in [3.63, 3.8) is 0 Å². The van der Waals surface area contributed by atoms with Gasteiger partial charge in [-0.3, -0.25) is 0 Å². The van der Waals surface area contributed by atoms with Crippen LogP contribution in [0.25, 0.3) is 0 Å². The van der Waals surface area contributed by atoms with Gasteiger partial charge in [0.2, 0.25) is 5.88 Å². The monoisotopic (exact) mass is 451 g/mol.